The Labute approximate surface area is 170 Å². The molecule has 2 aromatic carbocycles. The second-order valence-electron chi connectivity index (χ2n) is 7.79. The Morgan fingerprint density at radius 2 is 1.78 bits per heavy atom. The summed E-state index contributed by atoms with van der Waals surface area (Å²) in [5.74, 6) is 0.327. The number of hydrazone groups is 1. The average Bonchev–Trinajstić information content (AvgIpc) is 2.55. The van der Waals surface area contributed by atoms with E-state index in [-0.39, 0.29) is 17.9 Å². The molecule has 0 aromatic heterocycles. The van der Waals surface area contributed by atoms with Gasteiger partial charge >= 0.3 is 0 Å². The van der Waals surface area contributed by atoms with E-state index in [0.29, 0.717) is 5.75 Å². The third kappa shape index (κ3) is 5.93. The largest absolute Gasteiger partial charge is 0.483 e. The van der Waals surface area contributed by atoms with Gasteiger partial charge in [-0.1, -0.05) is 44.5 Å². The van der Waals surface area contributed by atoms with Crippen molar-refractivity contribution in [2.24, 2.45) is 5.10 Å². The van der Waals surface area contributed by atoms with Crippen LogP contribution in [0.2, 0.25) is 0 Å². The van der Waals surface area contributed by atoms with Gasteiger partial charge in [-0.3, -0.25) is 4.79 Å². The number of hydrogen-bond donors (Lipinski definition) is 1. The maximum Gasteiger partial charge on any atom is 0.277 e. The number of halogens is 1. The van der Waals surface area contributed by atoms with Crippen LogP contribution in [-0.2, 0) is 10.2 Å². The monoisotopic (exact) mass is 430 g/mol. The molecule has 0 spiro atoms. The van der Waals surface area contributed by atoms with E-state index in [0.717, 1.165) is 21.2 Å². The third-order valence-corrected chi connectivity index (χ3v) is 4.90. The van der Waals surface area contributed by atoms with Crippen LogP contribution >= 0.6 is 15.9 Å². The summed E-state index contributed by atoms with van der Waals surface area (Å²) in [6.45, 7) is 12.5. The molecule has 0 bridgehead atoms. The zero-order valence-electron chi connectivity index (χ0n) is 16.8. The van der Waals surface area contributed by atoms with Crippen molar-refractivity contribution >= 4 is 28.1 Å². The van der Waals surface area contributed by atoms with Gasteiger partial charge in [-0.25, -0.2) is 5.43 Å². The van der Waals surface area contributed by atoms with E-state index in [1.807, 2.05) is 32.0 Å². The zero-order chi connectivity index (χ0) is 20.2. The summed E-state index contributed by atoms with van der Waals surface area (Å²) >= 11 is 3.51. The van der Waals surface area contributed by atoms with Crippen LogP contribution in [0.4, 0.5) is 0 Å². The van der Waals surface area contributed by atoms with Gasteiger partial charge in [0.25, 0.3) is 5.91 Å². The molecule has 0 saturated carbocycles. The van der Waals surface area contributed by atoms with Crippen molar-refractivity contribution in [3.8, 4) is 5.75 Å². The lowest BCUT2D eigenvalue weighted by atomic mass is 9.87. The van der Waals surface area contributed by atoms with Crippen molar-refractivity contribution in [3.05, 3.63) is 62.6 Å². The molecule has 2 aromatic rings. The topological polar surface area (TPSA) is 50.7 Å². The minimum Gasteiger partial charge on any atom is -0.483 e. The Balaban J connectivity index is 1.94. The lowest BCUT2D eigenvalue weighted by molar-refractivity contribution is -0.123. The van der Waals surface area contributed by atoms with Crippen molar-refractivity contribution in [1.82, 2.24) is 5.43 Å². The third-order valence-electron chi connectivity index (χ3n) is 4.28. The fourth-order valence-electron chi connectivity index (χ4n) is 2.82. The molecule has 0 saturated heterocycles. The molecule has 1 amide bonds. The maximum atomic E-state index is 12.0. The highest BCUT2D eigenvalue weighted by molar-refractivity contribution is 9.10. The fraction of sp³-hybridized carbons (Fsp3) is 0.364. The van der Waals surface area contributed by atoms with Crippen molar-refractivity contribution in [2.75, 3.05) is 6.61 Å². The second-order valence-corrected chi connectivity index (χ2v) is 8.64. The van der Waals surface area contributed by atoms with Gasteiger partial charge in [0.05, 0.1) is 10.7 Å². The Morgan fingerprint density at radius 1 is 1.15 bits per heavy atom. The van der Waals surface area contributed by atoms with Gasteiger partial charge < -0.3 is 4.74 Å². The summed E-state index contributed by atoms with van der Waals surface area (Å²) in [6, 6.07) is 10.1. The Morgan fingerprint density at radius 3 is 2.33 bits per heavy atom. The molecule has 0 fully saturated rings. The van der Waals surface area contributed by atoms with Crippen molar-refractivity contribution in [2.45, 2.75) is 47.0 Å². The first-order valence-corrected chi connectivity index (χ1v) is 9.70. The van der Waals surface area contributed by atoms with Gasteiger partial charge in [0, 0.05) is 5.56 Å². The normalized spacial score (nSPS) is 11.7. The summed E-state index contributed by atoms with van der Waals surface area (Å²) < 4.78 is 6.43. The summed E-state index contributed by atoms with van der Waals surface area (Å²) in [5.41, 5.74) is 8.25. The summed E-state index contributed by atoms with van der Waals surface area (Å²) in [7, 11) is 0. The molecule has 27 heavy (non-hydrogen) atoms. The number of nitrogens with one attached hydrogen (secondary N) is 1. The van der Waals surface area contributed by atoms with Crippen LogP contribution in [0.1, 0.15) is 48.6 Å². The molecule has 0 aliphatic carbocycles. The predicted octanol–water partition coefficient (Wildman–Crippen LogP) is 5.20. The number of rotatable bonds is 5. The van der Waals surface area contributed by atoms with Crippen molar-refractivity contribution in [1.29, 1.82) is 0 Å². The molecule has 144 valence electrons. The average molecular weight is 431 g/mol. The van der Waals surface area contributed by atoms with Gasteiger partial charge in [-0.05, 0) is 70.9 Å². The first-order valence-electron chi connectivity index (χ1n) is 8.90. The number of aryl methyl sites for hydroxylation is 3. The smallest absolute Gasteiger partial charge is 0.277 e. The quantitative estimate of drug-likeness (QED) is 0.523. The zero-order valence-corrected chi connectivity index (χ0v) is 18.4. The van der Waals surface area contributed by atoms with Crippen LogP contribution in [0.15, 0.2) is 39.9 Å². The number of nitrogens with zero attached hydrogens (tertiary/aromatic N) is 1. The van der Waals surface area contributed by atoms with Crippen LogP contribution in [0.5, 0.6) is 5.75 Å². The number of benzene rings is 2. The lowest BCUT2D eigenvalue weighted by Gasteiger charge is -2.20. The number of amides is 1. The maximum absolute atomic E-state index is 12.0. The fourth-order valence-corrected chi connectivity index (χ4v) is 3.32. The Bertz CT molecular complexity index is 844. The van der Waals surface area contributed by atoms with Crippen molar-refractivity contribution < 1.29 is 9.53 Å². The van der Waals surface area contributed by atoms with Gasteiger partial charge in [-0.2, -0.15) is 5.10 Å². The van der Waals surface area contributed by atoms with Gasteiger partial charge in [-0.15, -0.1) is 0 Å². The predicted molar refractivity (Wildman–Crippen MR) is 115 cm³/mol. The molecule has 0 aliphatic rings. The van der Waals surface area contributed by atoms with Crippen LogP contribution in [0.25, 0.3) is 0 Å². The second kappa shape index (κ2) is 8.70. The number of hydrogen-bond acceptors (Lipinski definition) is 3. The molecule has 0 radical (unpaired) electrons. The molecule has 4 nitrogen and oxygen atoms in total. The van der Waals surface area contributed by atoms with Gasteiger partial charge in [0.1, 0.15) is 5.75 Å². The minimum absolute atomic E-state index is 0.0549. The van der Waals surface area contributed by atoms with Crippen LogP contribution in [-0.4, -0.2) is 18.7 Å². The number of carbonyl (C=O) groups excluding carboxylic acids is 1. The molecule has 0 aliphatic heterocycles. The molecular weight excluding hydrogens is 404 g/mol. The molecule has 2 rings (SSSR count). The van der Waals surface area contributed by atoms with E-state index >= 15 is 0 Å². The van der Waals surface area contributed by atoms with Crippen molar-refractivity contribution in [3.63, 3.8) is 0 Å². The van der Waals surface area contributed by atoms with E-state index in [2.05, 4.69) is 66.3 Å². The lowest BCUT2D eigenvalue weighted by Crippen LogP contribution is -2.24. The molecule has 1 N–H and O–H groups in total. The minimum atomic E-state index is -0.305. The summed E-state index contributed by atoms with van der Waals surface area (Å²) in [5, 5.41) is 4.06. The highest BCUT2D eigenvalue weighted by atomic mass is 79.9. The summed E-state index contributed by atoms with van der Waals surface area (Å²) in [6.07, 6.45) is 1.68. The van der Waals surface area contributed by atoms with E-state index < -0.39 is 0 Å². The molecule has 0 atom stereocenters. The highest BCUT2D eigenvalue weighted by Gasteiger charge is 2.15. The molecule has 0 unspecified atom stereocenters. The van der Waals surface area contributed by atoms with Crippen LogP contribution in [0.3, 0.4) is 0 Å². The number of ether oxygens (including phenoxy) is 1. The van der Waals surface area contributed by atoms with Crippen LogP contribution in [0, 0.1) is 20.8 Å². The molecular formula is C22H27BrN2O2. The Hall–Kier alpha value is -2.14. The first kappa shape index (κ1) is 21.2. The molecule has 0 heterocycles. The SMILES string of the molecule is Cc1cc(C)c(C=NNC(=O)COc2ccc(C(C)(C)C)cc2Br)c(C)c1. The molecule has 5 heteroatoms. The van der Waals surface area contributed by atoms with Gasteiger partial charge in [0.2, 0.25) is 0 Å². The van der Waals surface area contributed by atoms with Gasteiger partial charge in [0.15, 0.2) is 6.61 Å². The Kier molecular flexibility index (Phi) is 6.82. The summed E-state index contributed by atoms with van der Waals surface area (Å²) in [4.78, 5) is 12.0. The van der Waals surface area contributed by atoms with E-state index in [4.69, 9.17) is 4.74 Å². The highest BCUT2D eigenvalue weighted by Crippen LogP contribution is 2.31. The van der Waals surface area contributed by atoms with E-state index in [1.165, 1.54) is 11.1 Å². The first-order chi connectivity index (χ1) is 12.6. The number of carbonyl (C=O) groups is 1. The van der Waals surface area contributed by atoms with E-state index in [9.17, 15) is 4.79 Å². The van der Waals surface area contributed by atoms with E-state index in [1.54, 1.807) is 6.21 Å². The van der Waals surface area contributed by atoms with Crippen LogP contribution < -0.4 is 10.2 Å². The standard InChI is InChI=1S/C22H27BrN2O2/c1-14-9-15(2)18(16(3)10-14)12-24-25-21(26)13-27-20-8-7-17(11-19(20)23)22(4,5)6/h7-12H,13H2,1-6H3,(H,25,26).